The molecule has 10 heteroatoms. The molecule has 10 nitrogen and oxygen atoms in total. The van der Waals surface area contributed by atoms with E-state index in [1.54, 1.807) is 32.9 Å². The summed E-state index contributed by atoms with van der Waals surface area (Å²) in [6, 6.07) is 5.13. The lowest BCUT2D eigenvalue weighted by molar-refractivity contribution is -0.384. The van der Waals surface area contributed by atoms with Gasteiger partial charge in [-0.2, -0.15) is 0 Å². The second kappa shape index (κ2) is 9.35. The number of rotatable bonds is 6. The summed E-state index contributed by atoms with van der Waals surface area (Å²) in [7, 11) is 0. The number of carbonyl (C=O) groups is 3. The number of piperidine rings is 1. The van der Waals surface area contributed by atoms with Crippen molar-refractivity contribution in [2.75, 3.05) is 13.1 Å². The summed E-state index contributed by atoms with van der Waals surface area (Å²) in [4.78, 5) is 48.2. The maximum absolute atomic E-state index is 12.5. The van der Waals surface area contributed by atoms with Gasteiger partial charge < -0.3 is 20.3 Å². The summed E-state index contributed by atoms with van der Waals surface area (Å²) in [5.41, 5.74) is 0.0140. The first-order valence-corrected chi connectivity index (χ1v) is 9.33. The highest BCUT2D eigenvalue weighted by molar-refractivity contribution is 5.90. The zero-order chi connectivity index (χ0) is 21.6. The van der Waals surface area contributed by atoms with Gasteiger partial charge in [0.15, 0.2) is 0 Å². The molecule has 0 aliphatic carbocycles. The number of benzene rings is 1. The Bertz CT molecular complexity index is 772. The molecule has 3 amide bonds. The molecule has 1 aliphatic heterocycles. The third-order valence-corrected chi connectivity index (χ3v) is 4.19. The molecule has 1 aromatic rings. The Morgan fingerprint density at radius 3 is 2.52 bits per heavy atom. The van der Waals surface area contributed by atoms with Crippen LogP contribution in [0.1, 0.15) is 39.2 Å². The van der Waals surface area contributed by atoms with E-state index in [2.05, 4.69) is 10.6 Å². The zero-order valence-electron chi connectivity index (χ0n) is 16.8. The first-order valence-electron chi connectivity index (χ1n) is 9.33. The Balaban J connectivity index is 1.83. The number of hydrogen-bond acceptors (Lipinski definition) is 6. The predicted octanol–water partition coefficient (Wildman–Crippen LogP) is 1.73. The standard InChI is InChI=1S/C19H26N4O6/c1-19(2,3)29-18(26)21-15-5-4-10-22(17(15)25)12-16(24)20-11-13-6-8-14(9-7-13)23(27)28/h6-9,15H,4-5,10-12H2,1-3H3,(H,20,24)(H,21,26). The number of amides is 3. The van der Waals surface area contributed by atoms with Crippen molar-refractivity contribution in [3.8, 4) is 0 Å². The fourth-order valence-corrected chi connectivity index (χ4v) is 2.85. The first-order chi connectivity index (χ1) is 13.5. The number of nitro groups is 1. The van der Waals surface area contributed by atoms with Gasteiger partial charge in [-0.15, -0.1) is 0 Å². The van der Waals surface area contributed by atoms with Crippen molar-refractivity contribution in [2.24, 2.45) is 0 Å². The molecule has 0 bridgehead atoms. The molecule has 2 rings (SSSR count). The molecule has 29 heavy (non-hydrogen) atoms. The average Bonchev–Trinajstić information content (AvgIpc) is 2.62. The van der Waals surface area contributed by atoms with Crippen LogP contribution >= 0.6 is 0 Å². The van der Waals surface area contributed by atoms with Crippen molar-refractivity contribution < 1.29 is 24.0 Å². The van der Waals surface area contributed by atoms with Crippen LogP contribution in [0.25, 0.3) is 0 Å². The van der Waals surface area contributed by atoms with Gasteiger partial charge in [0.05, 0.1) is 11.5 Å². The Kier molecular flexibility index (Phi) is 7.13. The molecule has 1 saturated heterocycles. The lowest BCUT2D eigenvalue weighted by Gasteiger charge is -2.32. The van der Waals surface area contributed by atoms with Gasteiger partial charge in [-0.05, 0) is 39.2 Å². The third kappa shape index (κ3) is 7.05. The van der Waals surface area contributed by atoms with Crippen molar-refractivity contribution in [3.63, 3.8) is 0 Å². The van der Waals surface area contributed by atoms with Crippen molar-refractivity contribution >= 4 is 23.6 Å². The lowest BCUT2D eigenvalue weighted by Crippen LogP contribution is -2.54. The molecular weight excluding hydrogens is 380 g/mol. The highest BCUT2D eigenvalue weighted by atomic mass is 16.6. The quantitative estimate of drug-likeness (QED) is 0.546. The average molecular weight is 406 g/mol. The monoisotopic (exact) mass is 406 g/mol. The number of carbonyl (C=O) groups excluding carboxylic acids is 3. The van der Waals surface area contributed by atoms with E-state index in [0.29, 0.717) is 24.9 Å². The van der Waals surface area contributed by atoms with E-state index in [-0.39, 0.29) is 30.6 Å². The molecule has 0 spiro atoms. The van der Waals surface area contributed by atoms with E-state index in [9.17, 15) is 24.5 Å². The molecule has 2 N–H and O–H groups in total. The molecule has 1 aromatic carbocycles. The van der Waals surface area contributed by atoms with Crippen LogP contribution in [-0.2, 0) is 20.9 Å². The van der Waals surface area contributed by atoms with Crippen LogP contribution < -0.4 is 10.6 Å². The minimum atomic E-state index is -0.721. The van der Waals surface area contributed by atoms with Crippen molar-refractivity contribution in [1.82, 2.24) is 15.5 Å². The van der Waals surface area contributed by atoms with Crippen LogP contribution in [-0.4, -0.2) is 52.5 Å². The van der Waals surface area contributed by atoms with Crippen LogP contribution in [0.2, 0.25) is 0 Å². The van der Waals surface area contributed by atoms with E-state index in [1.807, 2.05) is 0 Å². The SMILES string of the molecule is CC(C)(C)OC(=O)NC1CCCN(CC(=O)NCc2ccc([N+](=O)[O-])cc2)C1=O. The summed E-state index contributed by atoms with van der Waals surface area (Å²) in [5, 5.41) is 15.9. The van der Waals surface area contributed by atoms with Crippen LogP contribution in [0.4, 0.5) is 10.5 Å². The summed E-state index contributed by atoms with van der Waals surface area (Å²) in [6.07, 6.45) is 0.473. The predicted molar refractivity (Wildman–Crippen MR) is 104 cm³/mol. The number of hydrogen-bond donors (Lipinski definition) is 2. The van der Waals surface area contributed by atoms with Gasteiger partial charge in [0.25, 0.3) is 5.69 Å². The highest BCUT2D eigenvalue weighted by Gasteiger charge is 2.32. The molecule has 1 heterocycles. The van der Waals surface area contributed by atoms with E-state index in [0.717, 1.165) is 0 Å². The van der Waals surface area contributed by atoms with Gasteiger partial charge in [-0.3, -0.25) is 19.7 Å². The third-order valence-electron chi connectivity index (χ3n) is 4.19. The Morgan fingerprint density at radius 2 is 1.93 bits per heavy atom. The number of ether oxygens (including phenoxy) is 1. The molecule has 1 aliphatic rings. The molecule has 1 fully saturated rings. The largest absolute Gasteiger partial charge is 0.444 e. The van der Waals surface area contributed by atoms with E-state index in [1.165, 1.54) is 17.0 Å². The lowest BCUT2D eigenvalue weighted by atomic mass is 10.0. The van der Waals surface area contributed by atoms with E-state index >= 15 is 0 Å². The second-order valence-corrected chi connectivity index (χ2v) is 7.80. The van der Waals surface area contributed by atoms with E-state index < -0.39 is 22.7 Å². The Morgan fingerprint density at radius 1 is 1.28 bits per heavy atom. The van der Waals surface area contributed by atoms with Crippen LogP contribution in [0.15, 0.2) is 24.3 Å². The highest BCUT2D eigenvalue weighted by Crippen LogP contribution is 2.14. The van der Waals surface area contributed by atoms with Gasteiger partial charge in [-0.25, -0.2) is 4.79 Å². The fraction of sp³-hybridized carbons (Fsp3) is 0.526. The topological polar surface area (TPSA) is 131 Å². The number of nitrogens with one attached hydrogen (secondary N) is 2. The maximum Gasteiger partial charge on any atom is 0.408 e. The fourth-order valence-electron chi connectivity index (χ4n) is 2.85. The summed E-state index contributed by atoms with van der Waals surface area (Å²) >= 11 is 0. The van der Waals surface area contributed by atoms with Crippen LogP contribution in [0, 0.1) is 10.1 Å². The number of alkyl carbamates (subject to hydrolysis) is 1. The van der Waals surface area contributed by atoms with Gasteiger partial charge in [0.1, 0.15) is 11.6 Å². The Hall–Kier alpha value is -3.17. The molecule has 0 radical (unpaired) electrons. The summed E-state index contributed by atoms with van der Waals surface area (Å²) in [5.74, 6) is -0.679. The first kappa shape index (κ1) is 22.1. The summed E-state index contributed by atoms with van der Waals surface area (Å²) < 4.78 is 5.17. The summed E-state index contributed by atoms with van der Waals surface area (Å²) in [6.45, 7) is 5.69. The second-order valence-electron chi connectivity index (χ2n) is 7.80. The molecule has 158 valence electrons. The molecule has 0 aromatic heterocycles. The van der Waals surface area contributed by atoms with Crippen molar-refractivity contribution in [3.05, 3.63) is 39.9 Å². The number of non-ortho nitro benzene ring substituents is 1. The molecule has 1 atom stereocenters. The minimum absolute atomic E-state index is 0.0254. The number of nitrogens with zero attached hydrogens (tertiary/aromatic N) is 2. The number of likely N-dealkylation sites (tertiary alicyclic amines) is 1. The molecule has 1 unspecified atom stereocenters. The van der Waals surface area contributed by atoms with E-state index in [4.69, 9.17) is 4.74 Å². The van der Waals surface area contributed by atoms with Gasteiger partial charge in [0, 0.05) is 25.2 Å². The normalized spacial score (nSPS) is 16.9. The zero-order valence-corrected chi connectivity index (χ0v) is 16.8. The van der Waals surface area contributed by atoms with Gasteiger partial charge >= 0.3 is 6.09 Å². The maximum atomic E-state index is 12.5. The molecule has 0 saturated carbocycles. The Labute approximate surface area is 168 Å². The van der Waals surface area contributed by atoms with Crippen LogP contribution in [0.3, 0.4) is 0 Å². The van der Waals surface area contributed by atoms with Gasteiger partial charge in [0.2, 0.25) is 11.8 Å². The number of nitro benzene ring substituents is 1. The van der Waals surface area contributed by atoms with Crippen molar-refractivity contribution in [1.29, 1.82) is 0 Å². The van der Waals surface area contributed by atoms with Gasteiger partial charge in [-0.1, -0.05) is 12.1 Å². The smallest absolute Gasteiger partial charge is 0.408 e. The van der Waals surface area contributed by atoms with Crippen LogP contribution in [0.5, 0.6) is 0 Å². The van der Waals surface area contributed by atoms with Crippen molar-refractivity contribution in [2.45, 2.75) is 51.8 Å². The minimum Gasteiger partial charge on any atom is -0.444 e. The molecular formula is C19H26N4O6.